The third-order valence-corrected chi connectivity index (χ3v) is 4.78. The highest BCUT2D eigenvalue weighted by molar-refractivity contribution is 7.91. The summed E-state index contributed by atoms with van der Waals surface area (Å²) >= 11 is 0. The molecule has 0 bridgehead atoms. The first-order valence-electron chi connectivity index (χ1n) is 6.48. The van der Waals surface area contributed by atoms with E-state index < -0.39 is 38.9 Å². The summed E-state index contributed by atoms with van der Waals surface area (Å²) < 4.78 is 39.0. The van der Waals surface area contributed by atoms with E-state index in [2.05, 4.69) is 10.1 Å². The highest BCUT2D eigenvalue weighted by Gasteiger charge is 2.37. The van der Waals surface area contributed by atoms with Gasteiger partial charge < -0.3 is 5.11 Å². The summed E-state index contributed by atoms with van der Waals surface area (Å²) in [6.45, 7) is 0. The first kappa shape index (κ1) is 14.6. The van der Waals surface area contributed by atoms with Gasteiger partial charge in [-0.05, 0) is 5.56 Å². The highest BCUT2D eigenvalue weighted by atomic mass is 32.2. The van der Waals surface area contributed by atoms with Gasteiger partial charge in [0.05, 0.1) is 6.04 Å². The summed E-state index contributed by atoms with van der Waals surface area (Å²) in [4.78, 5) is 14.3. The quantitative estimate of drug-likeness (QED) is 0.904. The maximum atomic E-state index is 14.1. The van der Waals surface area contributed by atoms with Crippen LogP contribution in [0.1, 0.15) is 30.0 Å². The van der Waals surface area contributed by atoms with Gasteiger partial charge in [0, 0.05) is 6.42 Å². The van der Waals surface area contributed by atoms with Gasteiger partial charge in [0.1, 0.15) is 0 Å². The van der Waals surface area contributed by atoms with E-state index in [4.69, 9.17) is 5.11 Å². The summed E-state index contributed by atoms with van der Waals surface area (Å²) in [7, 11) is -4.18. The molecule has 3 rings (SSSR count). The van der Waals surface area contributed by atoms with E-state index in [1.807, 2.05) is 6.07 Å². The lowest BCUT2D eigenvalue weighted by atomic mass is 10.0. The zero-order valence-corrected chi connectivity index (χ0v) is 12.1. The number of sulfone groups is 1. The maximum absolute atomic E-state index is 14.1. The van der Waals surface area contributed by atoms with E-state index in [0.29, 0.717) is 0 Å². The van der Waals surface area contributed by atoms with Gasteiger partial charge in [-0.2, -0.15) is 4.98 Å². The highest BCUT2D eigenvalue weighted by Crippen LogP contribution is 2.39. The average Bonchev–Trinajstić information content (AvgIpc) is 3.00. The number of carboxylic acids is 1. The molecule has 2 aromatic rings. The SMILES string of the molecule is O=C(O)CS(=O)(=O)c1nc2n(n1)[C@H](c1ccccc1)C[C@@H]2F. The van der Waals surface area contributed by atoms with E-state index in [1.165, 1.54) is 4.68 Å². The van der Waals surface area contributed by atoms with Crippen molar-refractivity contribution in [1.29, 1.82) is 0 Å². The summed E-state index contributed by atoms with van der Waals surface area (Å²) in [6.07, 6.45) is -1.31. The Kier molecular flexibility index (Phi) is 3.44. The average molecular weight is 325 g/mol. The van der Waals surface area contributed by atoms with Crippen LogP contribution < -0.4 is 0 Å². The Bertz CT molecular complexity index is 819. The molecule has 1 aromatic carbocycles. The molecule has 0 radical (unpaired) electrons. The lowest BCUT2D eigenvalue weighted by Gasteiger charge is -2.11. The van der Waals surface area contributed by atoms with Gasteiger partial charge in [0.15, 0.2) is 17.7 Å². The molecule has 2 atom stereocenters. The number of nitrogens with zero attached hydrogens (tertiary/aromatic N) is 3. The molecule has 0 amide bonds. The number of rotatable bonds is 4. The van der Waals surface area contributed by atoms with Crippen LogP contribution in [0.15, 0.2) is 35.5 Å². The number of halogens is 1. The number of carbonyl (C=O) groups is 1. The first-order valence-corrected chi connectivity index (χ1v) is 8.14. The second kappa shape index (κ2) is 5.16. The summed E-state index contributed by atoms with van der Waals surface area (Å²) in [6, 6.07) is 8.53. The maximum Gasteiger partial charge on any atom is 0.319 e. The molecule has 0 unspecified atom stereocenters. The standard InChI is InChI=1S/C13H12FN3O4S/c14-9-6-10(8-4-2-1-3-5-8)17-12(9)15-13(16-17)22(20,21)7-11(18)19/h1-5,9-10H,6-7H2,(H,18,19)/t9-,10-/m0/s1. The van der Waals surface area contributed by atoms with Crippen LogP contribution in [-0.2, 0) is 14.6 Å². The van der Waals surface area contributed by atoms with Crippen LogP contribution in [0.3, 0.4) is 0 Å². The van der Waals surface area contributed by atoms with E-state index in [1.54, 1.807) is 24.3 Å². The second-order valence-electron chi connectivity index (χ2n) is 4.98. The van der Waals surface area contributed by atoms with E-state index >= 15 is 0 Å². The third kappa shape index (κ3) is 2.47. The van der Waals surface area contributed by atoms with Crippen molar-refractivity contribution < 1.29 is 22.7 Å². The molecule has 0 aliphatic carbocycles. The van der Waals surface area contributed by atoms with Crippen molar-refractivity contribution in [2.45, 2.75) is 23.8 Å². The first-order chi connectivity index (χ1) is 10.4. The second-order valence-corrected chi connectivity index (χ2v) is 6.86. The minimum absolute atomic E-state index is 0.0854. The zero-order valence-electron chi connectivity index (χ0n) is 11.3. The number of alkyl halides is 1. The van der Waals surface area contributed by atoms with Crippen molar-refractivity contribution in [3.05, 3.63) is 41.7 Å². The van der Waals surface area contributed by atoms with Crippen molar-refractivity contribution in [2.24, 2.45) is 0 Å². The van der Waals surface area contributed by atoms with E-state index in [9.17, 15) is 17.6 Å². The minimum Gasteiger partial charge on any atom is -0.480 e. The van der Waals surface area contributed by atoms with Crippen LogP contribution in [0.25, 0.3) is 0 Å². The molecule has 0 saturated heterocycles. The third-order valence-electron chi connectivity index (χ3n) is 3.42. The smallest absolute Gasteiger partial charge is 0.319 e. The molecule has 2 heterocycles. The molecular weight excluding hydrogens is 313 g/mol. The van der Waals surface area contributed by atoms with Crippen molar-refractivity contribution in [1.82, 2.24) is 14.8 Å². The predicted molar refractivity (Wildman–Crippen MR) is 72.8 cm³/mol. The molecule has 1 aliphatic heterocycles. The lowest BCUT2D eigenvalue weighted by Crippen LogP contribution is -2.17. The summed E-state index contributed by atoms with van der Waals surface area (Å²) in [5, 5.41) is 11.8. The fourth-order valence-corrected chi connectivity index (χ4v) is 3.37. The number of carboxylic acid groups (broad SMARTS) is 1. The number of fused-ring (bicyclic) bond motifs is 1. The van der Waals surface area contributed by atoms with Gasteiger partial charge in [-0.25, -0.2) is 17.5 Å². The van der Waals surface area contributed by atoms with Crippen molar-refractivity contribution in [2.75, 3.05) is 5.75 Å². The number of hydrogen-bond acceptors (Lipinski definition) is 5. The fraction of sp³-hybridized carbons (Fsp3) is 0.308. The van der Waals surface area contributed by atoms with Crippen LogP contribution in [0.4, 0.5) is 4.39 Å². The molecule has 0 fully saturated rings. The van der Waals surface area contributed by atoms with Crippen molar-refractivity contribution in [3.8, 4) is 0 Å². The lowest BCUT2D eigenvalue weighted by molar-refractivity contribution is -0.134. The molecule has 1 aromatic heterocycles. The summed E-state index contributed by atoms with van der Waals surface area (Å²) in [5.41, 5.74) is 0.788. The Hall–Kier alpha value is -2.29. The predicted octanol–water partition coefficient (Wildman–Crippen LogP) is 1.14. The monoisotopic (exact) mass is 325 g/mol. The minimum atomic E-state index is -4.18. The molecule has 0 spiro atoms. The van der Waals surface area contributed by atoms with Crippen LogP contribution in [-0.4, -0.2) is 40.0 Å². The Morgan fingerprint density at radius 2 is 2.05 bits per heavy atom. The molecule has 116 valence electrons. The largest absolute Gasteiger partial charge is 0.480 e. The normalized spacial score (nSPS) is 20.8. The number of benzene rings is 1. The Morgan fingerprint density at radius 1 is 1.36 bits per heavy atom. The molecule has 1 N–H and O–H groups in total. The zero-order chi connectivity index (χ0) is 15.9. The van der Waals surface area contributed by atoms with Crippen molar-refractivity contribution in [3.63, 3.8) is 0 Å². The van der Waals surface area contributed by atoms with Crippen LogP contribution >= 0.6 is 0 Å². The van der Waals surface area contributed by atoms with E-state index in [-0.39, 0.29) is 12.2 Å². The van der Waals surface area contributed by atoms with Gasteiger partial charge in [0.2, 0.25) is 9.84 Å². The van der Waals surface area contributed by atoms with Gasteiger partial charge in [-0.15, -0.1) is 5.10 Å². The molecule has 0 saturated carbocycles. The van der Waals surface area contributed by atoms with E-state index in [0.717, 1.165) is 5.56 Å². The topological polar surface area (TPSA) is 102 Å². The Balaban J connectivity index is 2.02. The number of hydrogen-bond donors (Lipinski definition) is 1. The van der Waals surface area contributed by atoms with Crippen LogP contribution in [0.5, 0.6) is 0 Å². The van der Waals surface area contributed by atoms with Crippen LogP contribution in [0.2, 0.25) is 0 Å². The Morgan fingerprint density at radius 3 is 2.68 bits per heavy atom. The number of aromatic nitrogens is 3. The van der Waals surface area contributed by atoms with Gasteiger partial charge in [-0.1, -0.05) is 30.3 Å². The molecule has 22 heavy (non-hydrogen) atoms. The van der Waals surface area contributed by atoms with Gasteiger partial charge >= 0.3 is 5.97 Å². The van der Waals surface area contributed by atoms with Crippen molar-refractivity contribution >= 4 is 15.8 Å². The number of aliphatic carboxylic acids is 1. The molecule has 1 aliphatic rings. The Labute approximate surface area is 125 Å². The van der Waals surface area contributed by atoms with Gasteiger partial charge in [0.25, 0.3) is 5.16 Å². The summed E-state index contributed by atoms with van der Waals surface area (Å²) in [5.74, 6) is -2.71. The van der Waals surface area contributed by atoms with Crippen LogP contribution in [0, 0.1) is 0 Å². The fourth-order valence-electron chi connectivity index (χ4n) is 2.47. The molecule has 7 nitrogen and oxygen atoms in total. The molecular formula is C13H12FN3O4S. The molecule has 9 heteroatoms. The van der Waals surface area contributed by atoms with Gasteiger partial charge in [-0.3, -0.25) is 4.79 Å².